The fraction of sp³-hybridized carbons (Fsp3) is 0.364. The topological polar surface area (TPSA) is 112 Å². The summed E-state index contributed by atoms with van der Waals surface area (Å²) < 4.78 is 38.0. The van der Waals surface area contributed by atoms with Gasteiger partial charge >= 0.3 is 6.18 Å². The van der Waals surface area contributed by atoms with Crippen LogP contribution in [0.5, 0.6) is 0 Å². The van der Waals surface area contributed by atoms with Gasteiger partial charge in [-0.1, -0.05) is 0 Å². The average Bonchev–Trinajstić information content (AvgIpc) is 2.37. The second-order valence-electron chi connectivity index (χ2n) is 4.16. The fourth-order valence-electron chi connectivity index (χ4n) is 1.20. The van der Waals surface area contributed by atoms with E-state index in [2.05, 4.69) is 10.3 Å². The van der Waals surface area contributed by atoms with Gasteiger partial charge in [-0.25, -0.2) is 4.98 Å². The minimum Gasteiger partial charge on any atom is -0.379 e. The summed E-state index contributed by atoms with van der Waals surface area (Å²) in [7, 11) is 0. The third-order valence-corrected chi connectivity index (χ3v) is 2.44. The molecule has 0 unspecified atom stereocenters. The number of nitrogens with zero attached hydrogens (tertiary/aromatic N) is 2. The van der Waals surface area contributed by atoms with E-state index < -0.39 is 35.5 Å². The van der Waals surface area contributed by atoms with E-state index in [4.69, 9.17) is 11.0 Å². The van der Waals surface area contributed by atoms with Gasteiger partial charge in [-0.15, -0.1) is 0 Å². The van der Waals surface area contributed by atoms with Crippen molar-refractivity contribution < 1.29 is 23.1 Å². The molecule has 1 aromatic heterocycles. The molecule has 0 spiro atoms. The molecule has 4 N–H and O–H groups in total. The van der Waals surface area contributed by atoms with Crippen LogP contribution in [0, 0.1) is 11.3 Å². The summed E-state index contributed by atoms with van der Waals surface area (Å²) in [5.41, 5.74) is 0.858. The van der Waals surface area contributed by atoms with Gasteiger partial charge in [0.2, 0.25) is 0 Å². The Kier molecular flexibility index (Phi) is 4.32. The van der Waals surface area contributed by atoms with Gasteiger partial charge in [0.25, 0.3) is 5.91 Å². The molecule has 0 aromatic carbocycles. The molecule has 1 atom stereocenters. The maximum absolute atomic E-state index is 12.7. The van der Waals surface area contributed by atoms with Gasteiger partial charge < -0.3 is 16.2 Å². The predicted octanol–water partition coefficient (Wildman–Crippen LogP) is 0.620. The van der Waals surface area contributed by atoms with Crippen molar-refractivity contribution in [1.82, 2.24) is 4.98 Å². The molecule has 0 saturated heterocycles. The smallest absolute Gasteiger partial charge is 0.379 e. The van der Waals surface area contributed by atoms with E-state index in [1.54, 1.807) is 0 Å². The monoisotopic (exact) mass is 288 g/mol. The molecule has 0 aliphatic rings. The van der Waals surface area contributed by atoms with Crippen molar-refractivity contribution in [3.8, 4) is 6.07 Å². The third kappa shape index (κ3) is 3.43. The number of rotatable bonds is 3. The Labute approximate surface area is 112 Å². The molecule has 1 rings (SSSR count). The van der Waals surface area contributed by atoms with Crippen LogP contribution in [-0.2, 0) is 11.0 Å². The lowest BCUT2D eigenvalue weighted by Gasteiger charge is -2.20. The number of nitriles is 1. The van der Waals surface area contributed by atoms with E-state index in [9.17, 15) is 23.1 Å². The zero-order valence-corrected chi connectivity index (χ0v) is 10.3. The molecule has 0 saturated carbocycles. The Bertz CT molecular complexity index is 564. The molecule has 9 heteroatoms. The first-order valence-electron chi connectivity index (χ1n) is 5.33. The quantitative estimate of drug-likeness (QED) is 0.754. The molecule has 20 heavy (non-hydrogen) atoms. The van der Waals surface area contributed by atoms with Crippen molar-refractivity contribution in [3.05, 3.63) is 23.5 Å². The van der Waals surface area contributed by atoms with E-state index in [-0.39, 0.29) is 5.69 Å². The maximum Gasteiger partial charge on any atom is 0.419 e. The second-order valence-corrected chi connectivity index (χ2v) is 4.16. The van der Waals surface area contributed by atoms with Crippen molar-refractivity contribution in [1.29, 1.82) is 5.26 Å². The molecule has 0 aliphatic heterocycles. The Morgan fingerprint density at radius 3 is 2.65 bits per heavy atom. The van der Waals surface area contributed by atoms with Crippen molar-refractivity contribution in [2.45, 2.75) is 18.7 Å². The highest BCUT2D eigenvalue weighted by Crippen LogP contribution is 2.32. The van der Waals surface area contributed by atoms with E-state index in [1.807, 2.05) is 0 Å². The Hall–Kier alpha value is -2.18. The molecule has 1 heterocycles. The maximum atomic E-state index is 12.7. The van der Waals surface area contributed by atoms with Gasteiger partial charge in [-0.2, -0.15) is 18.4 Å². The van der Waals surface area contributed by atoms with Gasteiger partial charge in [-0.3, -0.25) is 4.79 Å². The first kappa shape index (κ1) is 15.9. The number of nitrogens with one attached hydrogen (secondary N) is 1. The number of carbonyl (C=O) groups excluding carboxylic acids is 1. The fourth-order valence-corrected chi connectivity index (χ4v) is 1.20. The molecule has 108 valence electrons. The van der Waals surface area contributed by atoms with Crippen LogP contribution in [0.3, 0.4) is 0 Å². The molecule has 1 aromatic rings. The second kappa shape index (κ2) is 5.44. The molecule has 0 aliphatic carbocycles. The highest BCUT2D eigenvalue weighted by molar-refractivity contribution is 5.97. The van der Waals surface area contributed by atoms with Crippen LogP contribution >= 0.6 is 0 Å². The first-order valence-corrected chi connectivity index (χ1v) is 5.33. The minimum absolute atomic E-state index is 0.296. The number of halogens is 3. The standard InChI is InChI=1S/C11H11F3N4O2/c1-10(20,5-16)9(19)18-6-2-7(11(12,13)14)8(3-15)17-4-6/h2,4,20H,5,16H2,1H3,(H,18,19)/t10-/m0/s1. The van der Waals surface area contributed by atoms with E-state index in [0.29, 0.717) is 6.07 Å². The molecule has 0 radical (unpaired) electrons. The lowest BCUT2D eigenvalue weighted by atomic mass is 10.1. The summed E-state index contributed by atoms with van der Waals surface area (Å²) in [6, 6.07) is 1.88. The SMILES string of the molecule is C[C@](O)(CN)C(=O)Nc1cnc(C#N)c(C(F)(F)F)c1. The Morgan fingerprint density at radius 2 is 2.20 bits per heavy atom. The van der Waals surface area contributed by atoms with Crippen LogP contribution in [-0.4, -0.2) is 28.1 Å². The number of carbonyl (C=O) groups is 1. The predicted molar refractivity (Wildman–Crippen MR) is 62.3 cm³/mol. The lowest BCUT2D eigenvalue weighted by molar-refractivity contribution is -0.138. The molecular formula is C11H11F3N4O2. The zero-order valence-electron chi connectivity index (χ0n) is 10.3. The number of alkyl halides is 3. The molecule has 0 bridgehead atoms. The van der Waals surface area contributed by atoms with Crippen molar-refractivity contribution in [3.63, 3.8) is 0 Å². The van der Waals surface area contributed by atoms with Gasteiger partial charge in [0.15, 0.2) is 11.3 Å². The summed E-state index contributed by atoms with van der Waals surface area (Å²) in [5, 5.41) is 20.2. The van der Waals surface area contributed by atoms with Gasteiger partial charge in [0.1, 0.15) is 6.07 Å². The van der Waals surface area contributed by atoms with Gasteiger partial charge in [-0.05, 0) is 13.0 Å². The average molecular weight is 288 g/mol. The largest absolute Gasteiger partial charge is 0.419 e. The van der Waals surface area contributed by atoms with Gasteiger partial charge in [0, 0.05) is 6.54 Å². The van der Waals surface area contributed by atoms with Gasteiger partial charge in [0.05, 0.1) is 17.4 Å². The van der Waals surface area contributed by atoms with Crippen LogP contribution in [0.1, 0.15) is 18.2 Å². The van der Waals surface area contributed by atoms with Crippen LogP contribution in [0.4, 0.5) is 18.9 Å². The molecule has 6 nitrogen and oxygen atoms in total. The third-order valence-electron chi connectivity index (χ3n) is 2.44. The Balaban J connectivity index is 3.12. The molecule has 0 fully saturated rings. The molecular weight excluding hydrogens is 277 g/mol. The number of aromatic nitrogens is 1. The number of nitrogens with two attached hydrogens (primary N) is 1. The van der Waals surface area contributed by atoms with E-state index in [0.717, 1.165) is 13.1 Å². The number of hydrogen-bond acceptors (Lipinski definition) is 5. The summed E-state index contributed by atoms with van der Waals surface area (Å²) in [4.78, 5) is 14.9. The molecule has 1 amide bonds. The van der Waals surface area contributed by atoms with E-state index in [1.165, 1.54) is 6.07 Å². The number of aliphatic hydroxyl groups is 1. The van der Waals surface area contributed by atoms with Crippen molar-refractivity contribution in [2.24, 2.45) is 5.73 Å². The normalized spacial score (nSPS) is 14.2. The van der Waals surface area contributed by atoms with Crippen molar-refractivity contribution in [2.75, 3.05) is 11.9 Å². The first-order chi connectivity index (χ1) is 9.11. The summed E-state index contributed by atoms with van der Waals surface area (Å²) >= 11 is 0. The van der Waals surface area contributed by atoms with Crippen molar-refractivity contribution >= 4 is 11.6 Å². The summed E-state index contributed by atoms with van der Waals surface area (Å²) in [6.07, 6.45) is -3.90. The Morgan fingerprint density at radius 1 is 1.60 bits per heavy atom. The van der Waals surface area contributed by atoms with Crippen LogP contribution in [0.2, 0.25) is 0 Å². The zero-order chi connectivity index (χ0) is 15.6. The van der Waals surface area contributed by atoms with Crippen LogP contribution in [0.15, 0.2) is 12.3 Å². The van der Waals surface area contributed by atoms with Crippen LogP contribution < -0.4 is 11.1 Å². The minimum atomic E-state index is -4.78. The van der Waals surface area contributed by atoms with Crippen LogP contribution in [0.25, 0.3) is 0 Å². The highest BCUT2D eigenvalue weighted by atomic mass is 19.4. The number of pyridine rings is 1. The highest BCUT2D eigenvalue weighted by Gasteiger charge is 2.35. The number of hydrogen-bond donors (Lipinski definition) is 3. The summed E-state index contributed by atoms with van der Waals surface area (Å²) in [6.45, 7) is 0.707. The van der Waals surface area contributed by atoms with E-state index >= 15 is 0 Å². The number of amides is 1. The lowest BCUT2D eigenvalue weighted by Crippen LogP contribution is -2.46. The summed E-state index contributed by atoms with van der Waals surface area (Å²) in [5.74, 6) is -0.973. The number of anilines is 1.